The van der Waals surface area contributed by atoms with Crippen LogP contribution < -0.4 is 14.8 Å². The van der Waals surface area contributed by atoms with E-state index in [1.54, 1.807) is 0 Å². The highest BCUT2D eigenvalue weighted by molar-refractivity contribution is 5.48. The third-order valence-corrected chi connectivity index (χ3v) is 3.72. The van der Waals surface area contributed by atoms with E-state index in [1.165, 1.54) is 0 Å². The Balaban J connectivity index is 1.52. The van der Waals surface area contributed by atoms with Crippen LogP contribution in [0.1, 0.15) is 32.3 Å². The first-order valence-corrected chi connectivity index (χ1v) is 6.90. The van der Waals surface area contributed by atoms with E-state index in [2.05, 4.69) is 25.2 Å². The molecule has 1 N–H and O–H groups in total. The lowest BCUT2D eigenvalue weighted by atomic mass is 10.1. The highest BCUT2D eigenvalue weighted by atomic mass is 16.7. The molecule has 104 valence electrons. The molecule has 0 bridgehead atoms. The van der Waals surface area contributed by atoms with Gasteiger partial charge >= 0.3 is 0 Å². The number of hydrogen-bond donors (Lipinski definition) is 1. The van der Waals surface area contributed by atoms with Crippen LogP contribution in [0, 0.1) is 0 Å². The Morgan fingerprint density at radius 3 is 3.00 bits per heavy atom. The van der Waals surface area contributed by atoms with Crippen LogP contribution in [-0.2, 0) is 11.3 Å². The van der Waals surface area contributed by atoms with Gasteiger partial charge in [0.25, 0.3) is 0 Å². The number of ether oxygens (including phenoxy) is 3. The van der Waals surface area contributed by atoms with Crippen molar-refractivity contribution in [2.45, 2.75) is 44.9 Å². The molecule has 0 aliphatic carbocycles. The molecule has 0 aromatic heterocycles. The molecule has 1 aromatic rings. The molecule has 0 saturated carbocycles. The van der Waals surface area contributed by atoms with Crippen LogP contribution in [0.3, 0.4) is 0 Å². The average Bonchev–Trinajstić information content (AvgIpc) is 2.96. The summed E-state index contributed by atoms with van der Waals surface area (Å²) in [6.07, 6.45) is 2.59. The molecule has 4 nitrogen and oxygen atoms in total. The van der Waals surface area contributed by atoms with E-state index in [-0.39, 0.29) is 5.60 Å². The molecule has 0 amide bonds. The Hall–Kier alpha value is -1.26. The number of para-hydroxylation sites is 1. The van der Waals surface area contributed by atoms with Gasteiger partial charge in [0.15, 0.2) is 11.5 Å². The molecule has 1 aromatic carbocycles. The summed E-state index contributed by atoms with van der Waals surface area (Å²) < 4.78 is 16.8. The molecule has 1 saturated heterocycles. The minimum atomic E-state index is 0.0390. The first-order valence-electron chi connectivity index (χ1n) is 6.90. The molecular weight excluding hydrogens is 242 g/mol. The predicted octanol–water partition coefficient (Wildman–Crippen LogP) is 2.46. The Bertz CT molecular complexity index is 459. The second-order valence-corrected chi connectivity index (χ2v) is 5.82. The number of benzene rings is 1. The van der Waals surface area contributed by atoms with E-state index >= 15 is 0 Å². The van der Waals surface area contributed by atoms with Crippen LogP contribution in [0.15, 0.2) is 18.2 Å². The fourth-order valence-electron chi connectivity index (χ4n) is 2.72. The second-order valence-electron chi connectivity index (χ2n) is 5.82. The van der Waals surface area contributed by atoms with Gasteiger partial charge in [-0.25, -0.2) is 0 Å². The zero-order valence-corrected chi connectivity index (χ0v) is 11.6. The molecule has 0 radical (unpaired) electrons. The lowest BCUT2D eigenvalue weighted by Crippen LogP contribution is -2.29. The van der Waals surface area contributed by atoms with Crippen molar-refractivity contribution in [3.63, 3.8) is 0 Å². The SMILES string of the molecule is CC1(C)CCC(CNCc2cccc3c2OCO3)O1. The lowest BCUT2D eigenvalue weighted by molar-refractivity contribution is -0.0143. The Kier molecular flexibility index (Phi) is 3.37. The molecule has 19 heavy (non-hydrogen) atoms. The van der Waals surface area contributed by atoms with Crippen LogP contribution in [0.4, 0.5) is 0 Å². The standard InChI is InChI=1S/C15H21NO3/c1-15(2)7-6-12(19-15)9-16-8-11-4-3-5-13-14(11)18-10-17-13/h3-5,12,16H,6-10H2,1-2H3. The van der Waals surface area contributed by atoms with Crippen LogP contribution in [0.2, 0.25) is 0 Å². The van der Waals surface area contributed by atoms with E-state index in [9.17, 15) is 0 Å². The van der Waals surface area contributed by atoms with Crippen molar-refractivity contribution in [2.24, 2.45) is 0 Å². The summed E-state index contributed by atoms with van der Waals surface area (Å²) in [7, 11) is 0. The van der Waals surface area contributed by atoms with Crippen molar-refractivity contribution in [2.75, 3.05) is 13.3 Å². The number of fused-ring (bicyclic) bond motifs is 1. The fraction of sp³-hybridized carbons (Fsp3) is 0.600. The smallest absolute Gasteiger partial charge is 0.231 e. The minimum Gasteiger partial charge on any atom is -0.454 e. The summed E-state index contributed by atoms with van der Waals surface area (Å²) in [5, 5.41) is 3.45. The lowest BCUT2D eigenvalue weighted by Gasteiger charge is -2.19. The van der Waals surface area contributed by atoms with Crippen molar-refractivity contribution in [3.05, 3.63) is 23.8 Å². The van der Waals surface area contributed by atoms with Crippen molar-refractivity contribution in [1.29, 1.82) is 0 Å². The van der Waals surface area contributed by atoms with E-state index < -0.39 is 0 Å². The van der Waals surface area contributed by atoms with E-state index in [0.29, 0.717) is 12.9 Å². The van der Waals surface area contributed by atoms with E-state index in [0.717, 1.165) is 43.0 Å². The van der Waals surface area contributed by atoms with Gasteiger partial charge in [-0.3, -0.25) is 0 Å². The molecule has 4 heteroatoms. The van der Waals surface area contributed by atoms with Gasteiger partial charge in [-0.05, 0) is 32.8 Å². The summed E-state index contributed by atoms with van der Waals surface area (Å²) in [4.78, 5) is 0. The zero-order valence-electron chi connectivity index (χ0n) is 11.6. The number of hydrogen-bond acceptors (Lipinski definition) is 4. The van der Waals surface area contributed by atoms with Gasteiger partial charge in [-0.15, -0.1) is 0 Å². The monoisotopic (exact) mass is 263 g/mol. The quantitative estimate of drug-likeness (QED) is 0.906. The van der Waals surface area contributed by atoms with E-state index in [4.69, 9.17) is 14.2 Å². The predicted molar refractivity (Wildman–Crippen MR) is 72.5 cm³/mol. The van der Waals surface area contributed by atoms with Crippen molar-refractivity contribution < 1.29 is 14.2 Å². The third-order valence-electron chi connectivity index (χ3n) is 3.72. The molecule has 3 rings (SSSR count). The Morgan fingerprint density at radius 1 is 1.32 bits per heavy atom. The van der Waals surface area contributed by atoms with Crippen molar-refractivity contribution >= 4 is 0 Å². The first kappa shape index (κ1) is 12.8. The molecule has 2 aliphatic rings. The van der Waals surface area contributed by atoms with Gasteiger partial charge in [-0.1, -0.05) is 12.1 Å². The summed E-state index contributed by atoms with van der Waals surface area (Å²) in [5.41, 5.74) is 1.18. The first-order chi connectivity index (χ1) is 9.14. The summed E-state index contributed by atoms with van der Waals surface area (Å²) in [6, 6.07) is 6.01. The maximum Gasteiger partial charge on any atom is 0.231 e. The highest BCUT2D eigenvalue weighted by Crippen LogP contribution is 2.35. The fourth-order valence-corrected chi connectivity index (χ4v) is 2.72. The summed E-state index contributed by atoms with van der Waals surface area (Å²) >= 11 is 0. The molecular formula is C15H21NO3. The zero-order chi connectivity index (χ0) is 13.3. The molecule has 1 unspecified atom stereocenters. The van der Waals surface area contributed by atoms with Gasteiger partial charge in [0.1, 0.15) is 0 Å². The van der Waals surface area contributed by atoms with Gasteiger partial charge in [0.2, 0.25) is 6.79 Å². The van der Waals surface area contributed by atoms with Crippen LogP contribution >= 0.6 is 0 Å². The maximum absolute atomic E-state index is 5.96. The molecule has 1 fully saturated rings. The van der Waals surface area contributed by atoms with Crippen molar-refractivity contribution in [3.8, 4) is 11.5 Å². The second kappa shape index (κ2) is 5.02. The molecule has 2 heterocycles. The van der Waals surface area contributed by atoms with Gasteiger partial charge in [-0.2, -0.15) is 0 Å². The van der Waals surface area contributed by atoms with Gasteiger partial charge < -0.3 is 19.5 Å². The largest absolute Gasteiger partial charge is 0.454 e. The van der Waals surface area contributed by atoms with Crippen molar-refractivity contribution in [1.82, 2.24) is 5.32 Å². The minimum absolute atomic E-state index is 0.0390. The van der Waals surface area contributed by atoms with E-state index in [1.807, 2.05) is 12.1 Å². The third kappa shape index (κ3) is 2.85. The highest BCUT2D eigenvalue weighted by Gasteiger charge is 2.31. The van der Waals surface area contributed by atoms with Gasteiger partial charge in [0, 0.05) is 18.7 Å². The van der Waals surface area contributed by atoms with Gasteiger partial charge in [0.05, 0.1) is 11.7 Å². The van der Waals surface area contributed by atoms with Crippen LogP contribution in [0.5, 0.6) is 11.5 Å². The number of nitrogens with one attached hydrogen (secondary N) is 1. The number of rotatable bonds is 4. The van der Waals surface area contributed by atoms with Crippen LogP contribution in [-0.4, -0.2) is 25.0 Å². The summed E-state index contributed by atoms with van der Waals surface area (Å²) in [6.45, 7) is 6.30. The molecule has 0 spiro atoms. The topological polar surface area (TPSA) is 39.7 Å². The average molecular weight is 263 g/mol. The Morgan fingerprint density at radius 2 is 2.21 bits per heavy atom. The maximum atomic E-state index is 5.96. The van der Waals surface area contributed by atoms with Crippen LogP contribution in [0.25, 0.3) is 0 Å². The summed E-state index contributed by atoms with van der Waals surface area (Å²) in [5.74, 6) is 1.72. The normalized spacial score (nSPS) is 23.8. The molecule has 2 aliphatic heterocycles. The molecule has 1 atom stereocenters. The Labute approximate surface area is 114 Å².